The van der Waals surface area contributed by atoms with Crippen LogP contribution in [0, 0.1) is 0 Å². The second-order valence-corrected chi connectivity index (χ2v) is 3.89. The lowest BCUT2D eigenvalue weighted by molar-refractivity contribution is 0.0665. The molecule has 1 atom stereocenters. The normalized spacial score (nSPS) is 18.1. The molecule has 2 N–H and O–H groups in total. The van der Waals surface area contributed by atoms with E-state index >= 15 is 0 Å². The molecule has 0 spiro atoms. The van der Waals surface area contributed by atoms with Crippen molar-refractivity contribution in [2.45, 2.75) is 25.9 Å². The summed E-state index contributed by atoms with van der Waals surface area (Å²) in [6, 6.07) is 3.95. The minimum Gasteiger partial charge on any atom is -0.356 e. The van der Waals surface area contributed by atoms with Crippen LogP contribution in [-0.4, -0.2) is 18.1 Å². The Labute approximate surface area is 90.0 Å². The number of aromatic nitrogens is 1. The van der Waals surface area contributed by atoms with Gasteiger partial charge in [0.2, 0.25) is 0 Å². The van der Waals surface area contributed by atoms with Gasteiger partial charge in [-0.25, -0.2) is 10.9 Å². The fraction of sp³-hybridized carbons (Fsp3) is 0.545. The van der Waals surface area contributed by atoms with E-state index in [0.29, 0.717) is 0 Å². The van der Waals surface area contributed by atoms with E-state index in [4.69, 9.17) is 10.7 Å². The van der Waals surface area contributed by atoms with Gasteiger partial charge < -0.3 is 4.90 Å². The van der Waals surface area contributed by atoms with Gasteiger partial charge in [0.1, 0.15) is 11.9 Å². The summed E-state index contributed by atoms with van der Waals surface area (Å²) in [5, 5.41) is 0. The summed E-state index contributed by atoms with van der Waals surface area (Å²) in [4.78, 5) is 11.6. The highest BCUT2D eigenvalue weighted by Gasteiger charge is 2.19. The lowest BCUT2D eigenvalue weighted by Gasteiger charge is -2.21. The SMILES string of the molecule is CC(ON)c1cccnc1N1CCCC1. The van der Waals surface area contributed by atoms with Crippen LogP contribution in [0.1, 0.15) is 31.4 Å². The number of pyridine rings is 1. The maximum atomic E-state index is 5.23. The zero-order chi connectivity index (χ0) is 10.7. The summed E-state index contributed by atoms with van der Waals surface area (Å²) in [7, 11) is 0. The molecule has 0 aromatic carbocycles. The van der Waals surface area contributed by atoms with Gasteiger partial charge >= 0.3 is 0 Å². The number of hydrogen-bond acceptors (Lipinski definition) is 4. The largest absolute Gasteiger partial charge is 0.356 e. The van der Waals surface area contributed by atoms with Crippen LogP contribution < -0.4 is 10.8 Å². The topological polar surface area (TPSA) is 51.4 Å². The summed E-state index contributed by atoms with van der Waals surface area (Å²) in [6.07, 6.45) is 4.21. The van der Waals surface area contributed by atoms with Gasteiger partial charge in [-0.3, -0.25) is 4.84 Å². The van der Waals surface area contributed by atoms with Crippen LogP contribution in [0.5, 0.6) is 0 Å². The second-order valence-electron chi connectivity index (χ2n) is 3.89. The first-order valence-corrected chi connectivity index (χ1v) is 5.38. The van der Waals surface area contributed by atoms with Crippen LogP contribution in [0.2, 0.25) is 0 Å². The summed E-state index contributed by atoms with van der Waals surface area (Å²) in [5.41, 5.74) is 1.07. The van der Waals surface area contributed by atoms with Crippen molar-refractivity contribution in [2.24, 2.45) is 5.90 Å². The quantitative estimate of drug-likeness (QED) is 0.765. The zero-order valence-electron chi connectivity index (χ0n) is 9.02. The van der Waals surface area contributed by atoms with Crippen LogP contribution in [0.25, 0.3) is 0 Å². The highest BCUT2D eigenvalue weighted by Crippen LogP contribution is 2.27. The van der Waals surface area contributed by atoms with Gasteiger partial charge in [0.05, 0.1) is 0 Å². The number of rotatable bonds is 3. The van der Waals surface area contributed by atoms with Crippen molar-refractivity contribution in [3.05, 3.63) is 23.9 Å². The van der Waals surface area contributed by atoms with Gasteiger partial charge in [0.15, 0.2) is 0 Å². The lowest BCUT2D eigenvalue weighted by Crippen LogP contribution is -2.22. The van der Waals surface area contributed by atoms with Gasteiger partial charge in [-0.15, -0.1) is 0 Å². The Hall–Kier alpha value is -1.13. The minimum absolute atomic E-state index is 0.103. The lowest BCUT2D eigenvalue weighted by atomic mass is 10.1. The minimum atomic E-state index is -0.103. The Balaban J connectivity index is 2.28. The molecule has 1 aliphatic heterocycles. The highest BCUT2D eigenvalue weighted by molar-refractivity contribution is 5.48. The van der Waals surface area contributed by atoms with Crippen molar-refractivity contribution in [3.63, 3.8) is 0 Å². The predicted octanol–water partition coefficient (Wildman–Crippen LogP) is 1.63. The summed E-state index contributed by atoms with van der Waals surface area (Å²) < 4.78 is 0. The molecule has 2 heterocycles. The van der Waals surface area contributed by atoms with E-state index in [1.54, 1.807) is 0 Å². The molecule has 1 aromatic heterocycles. The third-order valence-electron chi connectivity index (χ3n) is 2.86. The maximum absolute atomic E-state index is 5.23. The Morgan fingerprint density at radius 3 is 2.87 bits per heavy atom. The Kier molecular flexibility index (Phi) is 3.18. The molecule has 0 aliphatic carbocycles. The Morgan fingerprint density at radius 1 is 1.47 bits per heavy atom. The molecule has 4 nitrogen and oxygen atoms in total. The van der Waals surface area contributed by atoms with Gasteiger partial charge in [0.25, 0.3) is 0 Å². The molecule has 4 heteroatoms. The Morgan fingerprint density at radius 2 is 2.20 bits per heavy atom. The van der Waals surface area contributed by atoms with Crippen LogP contribution >= 0.6 is 0 Å². The highest BCUT2D eigenvalue weighted by atomic mass is 16.6. The van der Waals surface area contributed by atoms with Crippen LogP contribution in [0.3, 0.4) is 0 Å². The maximum Gasteiger partial charge on any atom is 0.134 e. The molecule has 0 bridgehead atoms. The molecule has 2 rings (SSSR count). The van der Waals surface area contributed by atoms with Crippen molar-refractivity contribution >= 4 is 5.82 Å². The van der Waals surface area contributed by atoms with Crippen molar-refractivity contribution in [1.82, 2.24) is 4.98 Å². The molecule has 1 aliphatic rings. The van der Waals surface area contributed by atoms with E-state index in [9.17, 15) is 0 Å². The fourth-order valence-corrected chi connectivity index (χ4v) is 1.99. The van der Waals surface area contributed by atoms with E-state index in [-0.39, 0.29) is 6.10 Å². The Bertz CT molecular complexity index is 323. The van der Waals surface area contributed by atoms with Gasteiger partial charge in [-0.2, -0.15) is 0 Å². The van der Waals surface area contributed by atoms with Gasteiger partial charge in [0, 0.05) is 24.8 Å². The molecular formula is C11H17N3O. The number of nitrogens with two attached hydrogens (primary N) is 1. The number of hydrogen-bond donors (Lipinski definition) is 1. The average molecular weight is 207 g/mol. The number of nitrogens with zero attached hydrogens (tertiary/aromatic N) is 2. The summed E-state index contributed by atoms with van der Waals surface area (Å²) in [5.74, 6) is 6.25. The molecule has 0 radical (unpaired) electrons. The first kappa shape index (κ1) is 10.4. The summed E-state index contributed by atoms with van der Waals surface area (Å²) in [6.45, 7) is 4.11. The van der Waals surface area contributed by atoms with E-state index in [1.807, 2.05) is 25.3 Å². The third-order valence-corrected chi connectivity index (χ3v) is 2.86. The van der Waals surface area contributed by atoms with Crippen molar-refractivity contribution < 1.29 is 4.84 Å². The molecule has 1 saturated heterocycles. The smallest absolute Gasteiger partial charge is 0.134 e. The van der Waals surface area contributed by atoms with Crippen molar-refractivity contribution in [1.29, 1.82) is 0 Å². The first-order chi connectivity index (χ1) is 7.33. The fourth-order valence-electron chi connectivity index (χ4n) is 1.99. The summed E-state index contributed by atoms with van der Waals surface area (Å²) >= 11 is 0. The zero-order valence-corrected chi connectivity index (χ0v) is 9.02. The molecule has 82 valence electrons. The van der Waals surface area contributed by atoms with Crippen molar-refractivity contribution in [3.8, 4) is 0 Å². The van der Waals surface area contributed by atoms with Crippen LogP contribution in [0.15, 0.2) is 18.3 Å². The van der Waals surface area contributed by atoms with Gasteiger partial charge in [-0.1, -0.05) is 6.07 Å². The predicted molar refractivity (Wildman–Crippen MR) is 59.4 cm³/mol. The van der Waals surface area contributed by atoms with Crippen LogP contribution in [-0.2, 0) is 4.84 Å². The molecule has 0 saturated carbocycles. The molecule has 0 amide bonds. The van der Waals surface area contributed by atoms with Gasteiger partial charge in [-0.05, 0) is 25.8 Å². The van der Waals surface area contributed by atoms with E-state index in [1.165, 1.54) is 12.8 Å². The average Bonchev–Trinajstić information content (AvgIpc) is 2.81. The van der Waals surface area contributed by atoms with E-state index in [0.717, 1.165) is 24.5 Å². The number of anilines is 1. The van der Waals surface area contributed by atoms with E-state index in [2.05, 4.69) is 9.88 Å². The first-order valence-electron chi connectivity index (χ1n) is 5.38. The second kappa shape index (κ2) is 4.59. The third kappa shape index (κ3) is 2.11. The molecule has 1 unspecified atom stereocenters. The van der Waals surface area contributed by atoms with Crippen LogP contribution in [0.4, 0.5) is 5.82 Å². The van der Waals surface area contributed by atoms with Crippen molar-refractivity contribution in [2.75, 3.05) is 18.0 Å². The molecular weight excluding hydrogens is 190 g/mol. The molecule has 1 aromatic rings. The van der Waals surface area contributed by atoms with E-state index < -0.39 is 0 Å². The molecule has 15 heavy (non-hydrogen) atoms. The standard InChI is InChI=1S/C11H17N3O/c1-9(15-12)10-5-4-6-13-11(10)14-7-2-3-8-14/h4-6,9H,2-3,7-8,12H2,1H3. The molecule has 1 fully saturated rings. The monoisotopic (exact) mass is 207 g/mol.